The first kappa shape index (κ1) is 10.2. The van der Waals surface area contributed by atoms with Gasteiger partial charge < -0.3 is 10.1 Å². The highest BCUT2D eigenvalue weighted by atomic mass is 127. The number of piperidine rings is 1. The van der Waals surface area contributed by atoms with Crippen LogP contribution in [0.25, 0.3) is 0 Å². The zero-order valence-corrected chi connectivity index (χ0v) is 10.0. The van der Waals surface area contributed by atoms with Crippen molar-refractivity contribution in [2.45, 2.75) is 18.9 Å². The fourth-order valence-corrected chi connectivity index (χ4v) is 1.84. The molecule has 0 spiro atoms. The molecule has 1 fully saturated rings. The lowest BCUT2D eigenvalue weighted by atomic mass is 10.1. The van der Waals surface area contributed by atoms with Gasteiger partial charge in [-0.1, -0.05) is 0 Å². The maximum atomic E-state index is 5.73. The summed E-state index contributed by atoms with van der Waals surface area (Å²) in [6.07, 6.45) is 4.43. The van der Waals surface area contributed by atoms with Gasteiger partial charge in [-0.2, -0.15) is 0 Å². The van der Waals surface area contributed by atoms with Gasteiger partial charge in [-0.05, 0) is 48.0 Å². The summed E-state index contributed by atoms with van der Waals surface area (Å²) in [4.78, 5) is 4.21. The van der Waals surface area contributed by atoms with Crippen molar-refractivity contribution < 1.29 is 4.74 Å². The molecule has 1 aromatic rings. The van der Waals surface area contributed by atoms with Crippen LogP contribution in [-0.4, -0.2) is 24.2 Å². The minimum atomic E-state index is 0.288. The van der Waals surface area contributed by atoms with Gasteiger partial charge in [0.15, 0.2) is 0 Å². The topological polar surface area (TPSA) is 34.1 Å². The zero-order chi connectivity index (χ0) is 9.80. The Balaban J connectivity index is 1.92. The molecule has 76 valence electrons. The van der Waals surface area contributed by atoms with Gasteiger partial charge in [0.25, 0.3) is 0 Å². The van der Waals surface area contributed by atoms with Gasteiger partial charge in [-0.25, -0.2) is 4.98 Å². The van der Waals surface area contributed by atoms with E-state index in [1.54, 1.807) is 0 Å². The molecule has 1 atom stereocenters. The van der Waals surface area contributed by atoms with Crippen molar-refractivity contribution in [1.29, 1.82) is 0 Å². The lowest BCUT2D eigenvalue weighted by Gasteiger charge is -2.23. The average Bonchev–Trinajstić information content (AvgIpc) is 2.23. The van der Waals surface area contributed by atoms with E-state index in [-0.39, 0.29) is 6.10 Å². The van der Waals surface area contributed by atoms with Crippen molar-refractivity contribution in [3.05, 3.63) is 21.9 Å². The number of aromatic nitrogens is 1. The van der Waals surface area contributed by atoms with Gasteiger partial charge in [-0.3, -0.25) is 0 Å². The smallest absolute Gasteiger partial charge is 0.213 e. The summed E-state index contributed by atoms with van der Waals surface area (Å²) in [5.41, 5.74) is 0. The number of halogens is 1. The number of rotatable bonds is 2. The van der Waals surface area contributed by atoms with E-state index in [9.17, 15) is 0 Å². The van der Waals surface area contributed by atoms with Gasteiger partial charge in [0.2, 0.25) is 5.88 Å². The van der Waals surface area contributed by atoms with Crippen molar-refractivity contribution >= 4 is 22.6 Å². The molecule has 0 radical (unpaired) electrons. The summed E-state index contributed by atoms with van der Waals surface area (Å²) in [6, 6.07) is 3.94. The van der Waals surface area contributed by atoms with E-state index < -0.39 is 0 Å². The molecule has 14 heavy (non-hydrogen) atoms. The summed E-state index contributed by atoms with van der Waals surface area (Å²) >= 11 is 2.24. The van der Waals surface area contributed by atoms with Crippen molar-refractivity contribution in [3.8, 4) is 5.88 Å². The molecule has 3 nitrogen and oxygen atoms in total. The second-order valence-corrected chi connectivity index (χ2v) is 4.65. The highest BCUT2D eigenvalue weighted by Gasteiger charge is 2.14. The van der Waals surface area contributed by atoms with E-state index in [0.29, 0.717) is 0 Å². The predicted molar refractivity (Wildman–Crippen MR) is 63.5 cm³/mol. The van der Waals surface area contributed by atoms with E-state index >= 15 is 0 Å². The molecule has 2 rings (SSSR count). The number of ether oxygens (including phenoxy) is 1. The minimum absolute atomic E-state index is 0.288. The quantitative estimate of drug-likeness (QED) is 0.846. The van der Waals surface area contributed by atoms with E-state index in [4.69, 9.17) is 4.74 Å². The van der Waals surface area contributed by atoms with E-state index in [1.165, 1.54) is 6.42 Å². The summed E-state index contributed by atoms with van der Waals surface area (Å²) < 4.78 is 6.87. The van der Waals surface area contributed by atoms with Crippen LogP contribution in [0.3, 0.4) is 0 Å². The summed E-state index contributed by atoms with van der Waals surface area (Å²) in [6.45, 7) is 2.05. The van der Waals surface area contributed by atoms with Crippen molar-refractivity contribution in [1.82, 2.24) is 10.3 Å². The molecule has 4 heteroatoms. The van der Waals surface area contributed by atoms with Gasteiger partial charge >= 0.3 is 0 Å². The molecule has 0 bridgehead atoms. The monoisotopic (exact) mass is 304 g/mol. The van der Waals surface area contributed by atoms with E-state index in [2.05, 4.69) is 32.9 Å². The molecule has 0 amide bonds. The molecule has 0 aliphatic carbocycles. The third-order valence-corrected chi connectivity index (χ3v) is 2.88. The lowest BCUT2D eigenvalue weighted by Crippen LogP contribution is -2.37. The second-order valence-electron chi connectivity index (χ2n) is 3.40. The van der Waals surface area contributed by atoms with Crippen LogP contribution in [0.5, 0.6) is 5.88 Å². The highest BCUT2D eigenvalue weighted by molar-refractivity contribution is 14.1. The fourth-order valence-electron chi connectivity index (χ4n) is 1.52. The Morgan fingerprint density at radius 1 is 1.50 bits per heavy atom. The Kier molecular flexibility index (Phi) is 3.58. The van der Waals surface area contributed by atoms with Gasteiger partial charge in [0, 0.05) is 22.4 Å². The minimum Gasteiger partial charge on any atom is -0.473 e. The molecule has 0 unspecified atom stereocenters. The Morgan fingerprint density at radius 2 is 2.43 bits per heavy atom. The van der Waals surface area contributed by atoms with E-state index in [1.807, 2.05) is 18.3 Å². The zero-order valence-electron chi connectivity index (χ0n) is 7.87. The largest absolute Gasteiger partial charge is 0.473 e. The third-order valence-electron chi connectivity index (χ3n) is 2.24. The van der Waals surface area contributed by atoms with Crippen LogP contribution in [0.1, 0.15) is 12.8 Å². The Hall–Kier alpha value is -0.360. The van der Waals surface area contributed by atoms with Crippen LogP contribution in [0.4, 0.5) is 0 Å². The summed E-state index contributed by atoms with van der Waals surface area (Å²) in [7, 11) is 0. The summed E-state index contributed by atoms with van der Waals surface area (Å²) in [5, 5.41) is 3.31. The first-order valence-electron chi connectivity index (χ1n) is 4.83. The van der Waals surface area contributed by atoms with Crippen LogP contribution in [0.15, 0.2) is 18.3 Å². The van der Waals surface area contributed by atoms with Crippen LogP contribution >= 0.6 is 22.6 Å². The molecule has 1 N–H and O–H groups in total. The number of hydrogen-bond acceptors (Lipinski definition) is 3. The Morgan fingerprint density at radius 3 is 3.07 bits per heavy atom. The highest BCUT2D eigenvalue weighted by Crippen LogP contribution is 2.13. The predicted octanol–water partition coefficient (Wildman–Crippen LogP) is 1.82. The third kappa shape index (κ3) is 2.81. The molecule has 0 aromatic carbocycles. The number of pyridine rings is 1. The maximum absolute atomic E-state index is 5.73. The van der Waals surface area contributed by atoms with Crippen LogP contribution < -0.4 is 10.1 Å². The van der Waals surface area contributed by atoms with Gasteiger partial charge in [-0.15, -0.1) is 0 Å². The number of nitrogens with zero attached hydrogens (tertiary/aromatic N) is 1. The molecular weight excluding hydrogens is 291 g/mol. The standard InChI is InChI=1S/C10H13IN2O/c11-8-3-4-10(13-6-8)14-9-2-1-5-12-7-9/h3-4,6,9,12H,1-2,5,7H2/t9-/m1/s1. The fraction of sp³-hybridized carbons (Fsp3) is 0.500. The molecule has 2 heterocycles. The Labute approximate surface area is 97.4 Å². The first-order valence-corrected chi connectivity index (χ1v) is 5.91. The summed E-state index contributed by atoms with van der Waals surface area (Å²) in [5.74, 6) is 0.735. The molecule has 1 saturated heterocycles. The number of nitrogens with one attached hydrogen (secondary N) is 1. The van der Waals surface area contributed by atoms with Crippen molar-refractivity contribution in [2.75, 3.05) is 13.1 Å². The maximum Gasteiger partial charge on any atom is 0.213 e. The SMILES string of the molecule is Ic1ccc(O[C@@H]2CCCNC2)nc1. The number of hydrogen-bond donors (Lipinski definition) is 1. The molecule has 1 aliphatic rings. The molecule has 1 aromatic heterocycles. The van der Waals surface area contributed by atoms with Crippen LogP contribution in [0, 0.1) is 3.57 Å². The van der Waals surface area contributed by atoms with Crippen LogP contribution in [0.2, 0.25) is 0 Å². The molecule has 0 saturated carbocycles. The van der Waals surface area contributed by atoms with Gasteiger partial charge in [0.05, 0.1) is 0 Å². The van der Waals surface area contributed by atoms with Gasteiger partial charge in [0.1, 0.15) is 6.10 Å². The lowest BCUT2D eigenvalue weighted by molar-refractivity contribution is 0.160. The van der Waals surface area contributed by atoms with E-state index in [0.717, 1.165) is 29.0 Å². The Bertz CT molecular complexity index is 283. The second kappa shape index (κ2) is 4.93. The molecular formula is C10H13IN2O. The van der Waals surface area contributed by atoms with Crippen molar-refractivity contribution in [3.63, 3.8) is 0 Å². The average molecular weight is 304 g/mol. The normalized spacial score (nSPS) is 21.9. The first-order chi connectivity index (χ1) is 6.84. The molecule has 1 aliphatic heterocycles. The van der Waals surface area contributed by atoms with Crippen molar-refractivity contribution in [2.24, 2.45) is 0 Å². The van der Waals surface area contributed by atoms with Crippen LogP contribution in [-0.2, 0) is 0 Å².